The third kappa shape index (κ3) is 6.33. The standard InChI is InChI=1S/C18H29N3O2.2ClH/c1-14(13-19-3)18(22)21-10-8-20(9-11-21)15(2)16-6-5-7-17(12-16)23-4;;/h5-7,12,14-15,19H,8-11,13H2,1-4H3;2*1H. The van der Waals surface area contributed by atoms with Crippen molar-refractivity contribution in [2.75, 3.05) is 46.9 Å². The molecule has 0 bridgehead atoms. The molecule has 1 aromatic rings. The number of amides is 1. The third-order valence-corrected chi connectivity index (χ3v) is 4.68. The maximum absolute atomic E-state index is 12.4. The minimum Gasteiger partial charge on any atom is -0.497 e. The van der Waals surface area contributed by atoms with Crippen molar-refractivity contribution in [2.45, 2.75) is 19.9 Å². The Morgan fingerprint density at radius 3 is 2.40 bits per heavy atom. The van der Waals surface area contributed by atoms with Gasteiger partial charge in [0.1, 0.15) is 5.75 Å². The summed E-state index contributed by atoms with van der Waals surface area (Å²) in [5.74, 6) is 1.19. The van der Waals surface area contributed by atoms with E-state index in [2.05, 4.69) is 29.3 Å². The molecule has 7 heteroatoms. The summed E-state index contributed by atoms with van der Waals surface area (Å²) in [5.41, 5.74) is 1.26. The molecule has 144 valence electrons. The van der Waals surface area contributed by atoms with Gasteiger partial charge in [0.05, 0.1) is 7.11 Å². The van der Waals surface area contributed by atoms with Crippen LogP contribution in [0.25, 0.3) is 0 Å². The first-order valence-corrected chi connectivity index (χ1v) is 8.38. The Labute approximate surface area is 163 Å². The number of halogens is 2. The van der Waals surface area contributed by atoms with Crippen molar-refractivity contribution < 1.29 is 9.53 Å². The lowest BCUT2D eigenvalue weighted by atomic mass is 10.0. The summed E-state index contributed by atoms with van der Waals surface area (Å²) in [4.78, 5) is 16.8. The molecule has 0 spiro atoms. The van der Waals surface area contributed by atoms with E-state index in [0.29, 0.717) is 6.04 Å². The predicted molar refractivity (Wildman–Crippen MR) is 107 cm³/mol. The summed E-state index contributed by atoms with van der Waals surface area (Å²) >= 11 is 0. The SMILES string of the molecule is CNCC(C)C(=O)N1CCN(C(C)c2cccc(OC)c2)CC1.Cl.Cl. The smallest absolute Gasteiger partial charge is 0.226 e. The Balaban J connectivity index is 0.00000288. The van der Waals surface area contributed by atoms with Crippen molar-refractivity contribution in [3.63, 3.8) is 0 Å². The number of hydrogen-bond donors (Lipinski definition) is 1. The van der Waals surface area contributed by atoms with E-state index in [1.807, 2.05) is 31.0 Å². The van der Waals surface area contributed by atoms with Gasteiger partial charge in [0, 0.05) is 44.7 Å². The molecule has 5 nitrogen and oxygen atoms in total. The summed E-state index contributed by atoms with van der Waals surface area (Å²) in [7, 11) is 3.58. The van der Waals surface area contributed by atoms with E-state index in [9.17, 15) is 4.79 Å². The Kier molecular flexibility index (Phi) is 11.1. The van der Waals surface area contributed by atoms with Crippen molar-refractivity contribution in [1.29, 1.82) is 0 Å². The Hall–Kier alpha value is -1.01. The molecule has 0 aromatic heterocycles. The molecule has 1 fully saturated rings. The molecule has 1 aromatic carbocycles. The highest BCUT2D eigenvalue weighted by atomic mass is 35.5. The quantitative estimate of drug-likeness (QED) is 0.809. The molecule has 0 saturated carbocycles. The number of methoxy groups -OCH3 is 1. The summed E-state index contributed by atoms with van der Waals surface area (Å²) in [5, 5.41) is 3.08. The minimum atomic E-state index is 0. The molecule has 2 atom stereocenters. The number of ether oxygens (including phenoxy) is 1. The van der Waals surface area contributed by atoms with E-state index in [1.54, 1.807) is 7.11 Å². The number of nitrogens with one attached hydrogen (secondary N) is 1. The topological polar surface area (TPSA) is 44.8 Å². The van der Waals surface area contributed by atoms with Gasteiger partial charge in [0.2, 0.25) is 5.91 Å². The zero-order valence-electron chi connectivity index (χ0n) is 15.5. The molecule has 2 unspecified atom stereocenters. The van der Waals surface area contributed by atoms with Crippen LogP contribution in [0.3, 0.4) is 0 Å². The Bertz CT molecular complexity index is 523. The molecule has 0 aliphatic carbocycles. The molecule has 1 aliphatic rings. The van der Waals surface area contributed by atoms with Gasteiger partial charge in [-0.25, -0.2) is 0 Å². The van der Waals surface area contributed by atoms with E-state index >= 15 is 0 Å². The molecular formula is C18H31Cl2N3O2. The van der Waals surface area contributed by atoms with Crippen LogP contribution in [0.1, 0.15) is 25.5 Å². The molecule has 1 aliphatic heterocycles. The average molecular weight is 392 g/mol. The molecular weight excluding hydrogens is 361 g/mol. The highest BCUT2D eigenvalue weighted by molar-refractivity contribution is 5.85. The van der Waals surface area contributed by atoms with E-state index in [4.69, 9.17) is 4.74 Å². The number of carbonyl (C=O) groups is 1. The number of rotatable bonds is 6. The van der Waals surface area contributed by atoms with Gasteiger partial charge in [0.25, 0.3) is 0 Å². The van der Waals surface area contributed by atoms with Crippen LogP contribution in [0.2, 0.25) is 0 Å². The third-order valence-electron chi connectivity index (χ3n) is 4.68. The fourth-order valence-electron chi connectivity index (χ4n) is 3.15. The van der Waals surface area contributed by atoms with Gasteiger partial charge in [-0.05, 0) is 31.7 Å². The summed E-state index contributed by atoms with van der Waals surface area (Å²) in [6, 6.07) is 8.56. The van der Waals surface area contributed by atoms with E-state index < -0.39 is 0 Å². The predicted octanol–water partition coefficient (Wildman–Crippen LogP) is 2.60. The van der Waals surface area contributed by atoms with Crippen LogP contribution >= 0.6 is 24.8 Å². The molecule has 0 radical (unpaired) electrons. The van der Waals surface area contributed by atoms with Crippen LogP contribution in [-0.2, 0) is 4.79 Å². The average Bonchev–Trinajstić information content (AvgIpc) is 2.60. The Morgan fingerprint density at radius 2 is 1.84 bits per heavy atom. The maximum Gasteiger partial charge on any atom is 0.226 e. The number of hydrogen-bond acceptors (Lipinski definition) is 4. The van der Waals surface area contributed by atoms with Crippen LogP contribution in [-0.4, -0.2) is 62.6 Å². The molecule has 1 heterocycles. The maximum atomic E-state index is 12.4. The first kappa shape index (κ1) is 24.0. The van der Waals surface area contributed by atoms with Gasteiger partial charge in [-0.15, -0.1) is 24.8 Å². The molecule has 1 N–H and O–H groups in total. The van der Waals surface area contributed by atoms with Crippen LogP contribution in [0.15, 0.2) is 24.3 Å². The number of benzene rings is 1. The number of nitrogens with zero attached hydrogens (tertiary/aromatic N) is 2. The normalized spacial score (nSPS) is 17.0. The van der Waals surface area contributed by atoms with Crippen molar-refractivity contribution in [3.8, 4) is 5.75 Å². The van der Waals surface area contributed by atoms with Crippen molar-refractivity contribution in [3.05, 3.63) is 29.8 Å². The second-order valence-electron chi connectivity index (χ2n) is 6.27. The fourth-order valence-corrected chi connectivity index (χ4v) is 3.15. The van der Waals surface area contributed by atoms with Crippen molar-refractivity contribution in [1.82, 2.24) is 15.1 Å². The van der Waals surface area contributed by atoms with Gasteiger partial charge >= 0.3 is 0 Å². The van der Waals surface area contributed by atoms with Crippen LogP contribution in [0.5, 0.6) is 5.75 Å². The number of carbonyl (C=O) groups excluding carboxylic acids is 1. The fraction of sp³-hybridized carbons (Fsp3) is 0.611. The van der Waals surface area contributed by atoms with Gasteiger partial charge in [-0.1, -0.05) is 19.1 Å². The van der Waals surface area contributed by atoms with Crippen molar-refractivity contribution in [2.24, 2.45) is 5.92 Å². The van der Waals surface area contributed by atoms with Crippen LogP contribution < -0.4 is 10.1 Å². The zero-order valence-corrected chi connectivity index (χ0v) is 17.2. The van der Waals surface area contributed by atoms with E-state index in [0.717, 1.165) is 38.5 Å². The highest BCUT2D eigenvalue weighted by Crippen LogP contribution is 2.25. The van der Waals surface area contributed by atoms with Gasteiger partial charge in [-0.2, -0.15) is 0 Å². The lowest BCUT2D eigenvalue weighted by molar-refractivity contribution is -0.136. The molecule has 1 amide bonds. The Morgan fingerprint density at radius 1 is 1.20 bits per heavy atom. The minimum absolute atomic E-state index is 0. The number of piperazine rings is 1. The highest BCUT2D eigenvalue weighted by Gasteiger charge is 2.27. The van der Waals surface area contributed by atoms with Gasteiger partial charge in [-0.3, -0.25) is 9.69 Å². The first-order valence-electron chi connectivity index (χ1n) is 8.38. The summed E-state index contributed by atoms with van der Waals surface area (Å²) in [6.07, 6.45) is 0. The summed E-state index contributed by atoms with van der Waals surface area (Å²) < 4.78 is 5.31. The molecule has 2 rings (SSSR count). The largest absolute Gasteiger partial charge is 0.497 e. The lowest BCUT2D eigenvalue weighted by Gasteiger charge is -2.39. The summed E-state index contributed by atoms with van der Waals surface area (Å²) in [6.45, 7) is 8.38. The van der Waals surface area contributed by atoms with Gasteiger partial charge in [0.15, 0.2) is 0 Å². The van der Waals surface area contributed by atoms with Crippen LogP contribution in [0, 0.1) is 5.92 Å². The van der Waals surface area contributed by atoms with Crippen molar-refractivity contribution >= 4 is 30.7 Å². The monoisotopic (exact) mass is 391 g/mol. The van der Waals surface area contributed by atoms with Crippen LogP contribution in [0.4, 0.5) is 0 Å². The first-order chi connectivity index (χ1) is 11.1. The second-order valence-corrected chi connectivity index (χ2v) is 6.27. The molecule has 25 heavy (non-hydrogen) atoms. The lowest BCUT2D eigenvalue weighted by Crippen LogP contribution is -2.51. The van der Waals surface area contributed by atoms with E-state index in [1.165, 1.54) is 5.56 Å². The second kappa shape index (κ2) is 11.6. The van der Waals surface area contributed by atoms with E-state index in [-0.39, 0.29) is 36.6 Å². The van der Waals surface area contributed by atoms with Gasteiger partial charge < -0.3 is 15.0 Å². The molecule has 1 saturated heterocycles. The zero-order chi connectivity index (χ0) is 16.8.